The van der Waals surface area contributed by atoms with E-state index in [4.69, 9.17) is 12.2 Å². The quantitative estimate of drug-likeness (QED) is 0.504. The predicted molar refractivity (Wildman–Crippen MR) is 98.4 cm³/mol. The molecule has 0 amide bonds. The number of rotatable bonds is 4. The summed E-state index contributed by atoms with van der Waals surface area (Å²) in [6.45, 7) is 2.48. The van der Waals surface area contributed by atoms with E-state index in [9.17, 15) is 0 Å². The molecule has 1 aromatic rings. The number of hydrogen-bond donors (Lipinski definition) is 2. The van der Waals surface area contributed by atoms with Crippen molar-refractivity contribution in [2.75, 3.05) is 0 Å². The fourth-order valence-corrected chi connectivity index (χ4v) is 2.20. The highest BCUT2D eigenvalue weighted by atomic mass is 32.1. The Bertz CT molecular complexity index is 745. The van der Waals surface area contributed by atoms with E-state index in [2.05, 4.69) is 30.8 Å². The molecule has 1 aromatic carbocycles. The smallest absolute Gasteiger partial charge is 0.187 e. The van der Waals surface area contributed by atoms with Gasteiger partial charge in [-0.15, -0.1) is 0 Å². The molecule has 116 valence electrons. The average Bonchev–Trinajstić information content (AvgIpc) is 3.03. The molecular weight excluding hydrogens is 308 g/mol. The standard InChI is InChI=1S/C16H16N6S/c1-11(14-19-13-8-5-9-17-15(13)20-14)21-22-16(23)18-10-12-6-3-2-4-7-12/h2-9,13H,10H2,1H3,(H2,18,22,23)/b21-11+. The number of dihydropyridines is 1. The molecule has 2 aliphatic rings. The van der Waals surface area contributed by atoms with Crippen molar-refractivity contribution in [2.45, 2.75) is 19.5 Å². The summed E-state index contributed by atoms with van der Waals surface area (Å²) >= 11 is 5.21. The molecule has 2 heterocycles. The maximum atomic E-state index is 5.21. The van der Waals surface area contributed by atoms with E-state index in [1.165, 1.54) is 0 Å². The van der Waals surface area contributed by atoms with Gasteiger partial charge in [0, 0.05) is 12.8 Å². The molecule has 0 fully saturated rings. The normalized spacial score (nSPS) is 19.0. The molecule has 1 unspecified atom stereocenters. The van der Waals surface area contributed by atoms with Gasteiger partial charge in [0.15, 0.2) is 16.8 Å². The molecule has 0 aliphatic carbocycles. The lowest BCUT2D eigenvalue weighted by Gasteiger charge is -2.07. The molecule has 0 bridgehead atoms. The monoisotopic (exact) mass is 324 g/mol. The highest BCUT2D eigenvalue weighted by Crippen LogP contribution is 2.12. The Labute approximate surface area is 139 Å². The van der Waals surface area contributed by atoms with Crippen molar-refractivity contribution in [3.05, 3.63) is 48.0 Å². The first-order valence-electron chi connectivity index (χ1n) is 7.22. The number of nitrogens with zero attached hydrogens (tertiary/aromatic N) is 4. The van der Waals surface area contributed by atoms with Crippen molar-refractivity contribution >= 4 is 40.9 Å². The number of aliphatic imine (C=N–C) groups is 3. The average molecular weight is 324 g/mol. The van der Waals surface area contributed by atoms with Crippen LogP contribution in [0.15, 0.2) is 62.6 Å². The van der Waals surface area contributed by atoms with Crippen LogP contribution in [0.5, 0.6) is 0 Å². The van der Waals surface area contributed by atoms with Crippen molar-refractivity contribution in [1.82, 2.24) is 10.7 Å². The van der Waals surface area contributed by atoms with Crippen LogP contribution < -0.4 is 10.7 Å². The highest BCUT2D eigenvalue weighted by Gasteiger charge is 2.22. The predicted octanol–water partition coefficient (Wildman–Crippen LogP) is 1.85. The third kappa shape index (κ3) is 3.95. The molecule has 0 saturated heterocycles. The lowest BCUT2D eigenvalue weighted by molar-refractivity contribution is 0.867. The van der Waals surface area contributed by atoms with E-state index < -0.39 is 0 Å². The summed E-state index contributed by atoms with van der Waals surface area (Å²) in [7, 11) is 0. The number of nitrogens with one attached hydrogen (secondary N) is 2. The second-order valence-electron chi connectivity index (χ2n) is 5.01. The first kappa shape index (κ1) is 15.2. The Kier molecular flexibility index (Phi) is 4.68. The zero-order valence-corrected chi connectivity index (χ0v) is 13.4. The van der Waals surface area contributed by atoms with Crippen LogP contribution >= 0.6 is 12.2 Å². The molecule has 0 aromatic heterocycles. The van der Waals surface area contributed by atoms with Gasteiger partial charge >= 0.3 is 0 Å². The third-order valence-corrected chi connectivity index (χ3v) is 3.51. The SMILES string of the molecule is C/C(=N\NC(=S)NCc1ccccc1)C1=NC2C=CC=NC2=N1. The van der Waals surface area contributed by atoms with Gasteiger partial charge in [0.25, 0.3) is 0 Å². The van der Waals surface area contributed by atoms with Crippen LogP contribution in [0.4, 0.5) is 0 Å². The molecule has 23 heavy (non-hydrogen) atoms. The van der Waals surface area contributed by atoms with Crippen LogP contribution in [0.1, 0.15) is 12.5 Å². The van der Waals surface area contributed by atoms with Gasteiger partial charge in [0.2, 0.25) is 0 Å². The lowest BCUT2D eigenvalue weighted by atomic mass is 10.2. The van der Waals surface area contributed by atoms with Crippen molar-refractivity contribution in [1.29, 1.82) is 0 Å². The molecule has 3 rings (SSSR count). The molecule has 2 aliphatic heterocycles. The maximum Gasteiger partial charge on any atom is 0.187 e. The van der Waals surface area contributed by atoms with Gasteiger partial charge in [-0.2, -0.15) is 5.10 Å². The molecule has 7 heteroatoms. The number of amidine groups is 2. The molecule has 6 nitrogen and oxygen atoms in total. The van der Waals surface area contributed by atoms with Crippen molar-refractivity contribution < 1.29 is 0 Å². The Morgan fingerprint density at radius 1 is 1.30 bits per heavy atom. The summed E-state index contributed by atoms with van der Waals surface area (Å²) in [5.74, 6) is 1.27. The zero-order valence-electron chi connectivity index (χ0n) is 12.6. The molecular formula is C16H16N6S. The van der Waals surface area contributed by atoms with Crippen molar-refractivity contribution in [3.8, 4) is 0 Å². The van der Waals surface area contributed by atoms with E-state index in [1.54, 1.807) is 6.21 Å². The highest BCUT2D eigenvalue weighted by molar-refractivity contribution is 7.80. The number of benzene rings is 1. The summed E-state index contributed by atoms with van der Waals surface area (Å²) < 4.78 is 0. The molecule has 0 spiro atoms. The molecule has 2 N–H and O–H groups in total. The minimum atomic E-state index is -0.0942. The van der Waals surface area contributed by atoms with Crippen molar-refractivity contribution in [3.63, 3.8) is 0 Å². The number of allylic oxidation sites excluding steroid dienone is 1. The number of hydrogen-bond acceptors (Lipinski definition) is 5. The molecule has 0 saturated carbocycles. The van der Waals surface area contributed by atoms with Gasteiger partial charge in [-0.05, 0) is 30.8 Å². The van der Waals surface area contributed by atoms with Crippen LogP contribution in [-0.2, 0) is 6.54 Å². The Hall–Kier alpha value is -2.67. The number of fused-ring (bicyclic) bond motifs is 1. The summed E-state index contributed by atoms with van der Waals surface area (Å²) in [4.78, 5) is 13.0. The minimum absolute atomic E-state index is 0.0942. The van der Waals surface area contributed by atoms with Gasteiger partial charge in [0.1, 0.15) is 11.8 Å². The Morgan fingerprint density at radius 2 is 2.13 bits per heavy atom. The summed E-state index contributed by atoms with van der Waals surface area (Å²) in [5.41, 5.74) is 4.63. The van der Waals surface area contributed by atoms with E-state index in [0.717, 1.165) is 5.56 Å². The second-order valence-corrected chi connectivity index (χ2v) is 5.42. The van der Waals surface area contributed by atoms with Gasteiger partial charge in [-0.1, -0.05) is 36.4 Å². The Morgan fingerprint density at radius 3 is 2.91 bits per heavy atom. The van der Waals surface area contributed by atoms with Crippen LogP contribution in [0.3, 0.4) is 0 Å². The topological polar surface area (TPSA) is 73.5 Å². The van der Waals surface area contributed by atoms with E-state index in [0.29, 0.717) is 29.0 Å². The van der Waals surface area contributed by atoms with E-state index >= 15 is 0 Å². The summed E-state index contributed by atoms with van der Waals surface area (Å²) in [5, 5.41) is 7.78. The van der Waals surface area contributed by atoms with Gasteiger partial charge < -0.3 is 5.32 Å². The minimum Gasteiger partial charge on any atom is -0.357 e. The first-order chi connectivity index (χ1) is 11.2. The molecule has 0 radical (unpaired) electrons. The van der Waals surface area contributed by atoms with E-state index in [1.807, 2.05) is 49.4 Å². The molecule has 1 atom stereocenters. The Balaban J connectivity index is 1.53. The van der Waals surface area contributed by atoms with Crippen LogP contribution in [-0.4, -0.2) is 34.8 Å². The third-order valence-electron chi connectivity index (χ3n) is 3.28. The fourth-order valence-electron chi connectivity index (χ4n) is 2.08. The van der Waals surface area contributed by atoms with Crippen LogP contribution in [0.25, 0.3) is 0 Å². The second kappa shape index (κ2) is 7.06. The maximum absolute atomic E-state index is 5.21. The van der Waals surface area contributed by atoms with Gasteiger partial charge in [-0.3, -0.25) is 5.43 Å². The number of hydrazone groups is 1. The first-order valence-corrected chi connectivity index (χ1v) is 7.63. The lowest BCUT2D eigenvalue weighted by Crippen LogP contribution is -2.32. The van der Waals surface area contributed by atoms with Crippen LogP contribution in [0, 0.1) is 0 Å². The summed E-state index contributed by atoms with van der Waals surface area (Å²) in [6.07, 6.45) is 5.52. The fraction of sp³-hybridized carbons (Fsp3) is 0.188. The summed E-state index contributed by atoms with van der Waals surface area (Å²) in [6, 6.07) is 9.93. The number of thiocarbonyl (C=S) groups is 1. The van der Waals surface area contributed by atoms with Crippen LogP contribution in [0.2, 0.25) is 0 Å². The zero-order chi connectivity index (χ0) is 16.1. The van der Waals surface area contributed by atoms with Crippen molar-refractivity contribution in [2.24, 2.45) is 20.1 Å². The van der Waals surface area contributed by atoms with E-state index in [-0.39, 0.29) is 6.04 Å². The van der Waals surface area contributed by atoms with Gasteiger partial charge in [0.05, 0.1) is 0 Å². The largest absolute Gasteiger partial charge is 0.357 e. The van der Waals surface area contributed by atoms with Gasteiger partial charge in [-0.25, -0.2) is 15.0 Å².